The molecule has 0 bridgehead atoms. The van der Waals surface area contributed by atoms with Gasteiger partial charge in [-0.25, -0.2) is 4.79 Å². The van der Waals surface area contributed by atoms with Crippen LogP contribution in [0.5, 0.6) is 17.2 Å². The van der Waals surface area contributed by atoms with Gasteiger partial charge in [-0.15, -0.1) is 0 Å². The Morgan fingerprint density at radius 1 is 1.03 bits per heavy atom. The molecule has 0 N–H and O–H groups in total. The Bertz CT molecular complexity index is 1360. The second-order valence-corrected chi connectivity index (χ2v) is 10.2. The maximum atomic E-state index is 12.9. The first-order valence-corrected chi connectivity index (χ1v) is 13.5. The molecule has 0 atom stereocenters. The van der Waals surface area contributed by atoms with Gasteiger partial charge in [0.2, 0.25) is 0 Å². The minimum atomic E-state index is -0.499. The van der Waals surface area contributed by atoms with Crippen LogP contribution in [0.3, 0.4) is 0 Å². The summed E-state index contributed by atoms with van der Waals surface area (Å²) in [6.45, 7) is 2.43. The third-order valence-electron chi connectivity index (χ3n) is 5.13. The Morgan fingerprint density at radius 3 is 2.51 bits per heavy atom. The van der Waals surface area contributed by atoms with Gasteiger partial charge in [-0.3, -0.25) is 14.5 Å². The van der Waals surface area contributed by atoms with Crippen LogP contribution in [0.1, 0.15) is 22.8 Å². The second kappa shape index (κ2) is 12.5. The van der Waals surface area contributed by atoms with E-state index in [1.165, 1.54) is 0 Å². The molecule has 37 heavy (non-hydrogen) atoms. The average Bonchev–Trinajstić information content (AvgIpc) is 3.14. The van der Waals surface area contributed by atoms with E-state index in [0.29, 0.717) is 34.3 Å². The number of ether oxygens (including phenoxy) is 3. The largest absolute Gasteiger partial charge is 0.492 e. The highest BCUT2D eigenvalue weighted by molar-refractivity contribution is 14.1. The van der Waals surface area contributed by atoms with Crippen LogP contribution >= 0.6 is 46.0 Å². The van der Waals surface area contributed by atoms with Gasteiger partial charge in [0, 0.05) is 8.59 Å². The summed E-state index contributed by atoms with van der Waals surface area (Å²) in [5.41, 5.74) is 1.07. The number of nitrogens with zero attached hydrogens (tertiary/aromatic N) is 1. The zero-order chi connectivity index (χ0) is 26.4. The highest BCUT2D eigenvalue weighted by atomic mass is 127. The number of benzene rings is 3. The van der Waals surface area contributed by atoms with E-state index in [9.17, 15) is 14.4 Å². The minimum Gasteiger partial charge on any atom is -0.492 e. The van der Waals surface area contributed by atoms with Crippen molar-refractivity contribution in [2.24, 2.45) is 0 Å². The van der Waals surface area contributed by atoms with E-state index < -0.39 is 11.9 Å². The number of amides is 2. The molecule has 0 saturated carbocycles. The first kappa shape index (κ1) is 27.0. The molecule has 1 heterocycles. The third-order valence-corrected chi connectivity index (χ3v) is 7.23. The average molecular weight is 650 g/mol. The highest BCUT2D eigenvalue weighted by Crippen LogP contribution is 2.35. The lowest BCUT2D eigenvalue weighted by Gasteiger charge is -2.13. The number of imide groups is 1. The molecular formula is C27H21ClINO6S. The van der Waals surface area contributed by atoms with Crippen LogP contribution in [0.25, 0.3) is 6.08 Å². The van der Waals surface area contributed by atoms with Crippen LogP contribution in [-0.4, -0.2) is 41.8 Å². The van der Waals surface area contributed by atoms with E-state index in [2.05, 4.69) is 22.6 Å². The van der Waals surface area contributed by atoms with Crippen LogP contribution in [0.15, 0.2) is 71.6 Å². The van der Waals surface area contributed by atoms with Gasteiger partial charge < -0.3 is 14.2 Å². The molecule has 1 aliphatic heterocycles. The molecule has 0 aromatic heterocycles. The van der Waals surface area contributed by atoms with Crippen molar-refractivity contribution >= 4 is 69.1 Å². The van der Waals surface area contributed by atoms with Crippen molar-refractivity contribution in [2.45, 2.75) is 6.92 Å². The van der Waals surface area contributed by atoms with E-state index in [1.807, 2.05) is 19.1 Å². The van der Waals surface area contributed by atoms with Gasteiger partial charge >= 0.3 is 5.97 Å². The highest BCUT2D eigenvalue weighted by Gasteiger charge is 2.34. The lowest BCUT2D eigenvalue weighted by Crippen LogP contribution is -2.32. The van der Waals surface area contributed by atoms with Crippen LogP contribution in [0, 0.1) is 3.57 Å². The minimum absolute atomic E-state index is 0.113. The summed E-state index contributed by atoms with van der Waals surface area (Å²) < 4.78 is 17.6. The summed E-state index contributed by atoms with van der Waals surface area (Å²) >= 11 is 8.80. The molecule has 0 unspecified atom stereocenters. The van der Waals surface area contributed by atoms with Crippen molar-refractivity contribution in [2.75, 3.05) is 19.8 Å². The molecule has 10 heteroatoms. The topological polar surface area (TPSA) is 82.1 Å². The number of thioether (sulfide) groups is 1. The third kappa shape index (κ3) is 6.85. The lowest BCUT2D eigenvalue weighted by atomic mass is 10.1. The zero-order valence-electron chi connectivity index (χ0n) is 19.6. The predicted octanol–water partition coefficient (Wildman–Crippen LogP) is 6.68. The number of halogens is 2. The number of carbonyl (C=O) groups excluding carboxylic acids is 3. The van der Waals surface area contributed by atoms with Crippen molar-refractivity contribution < 1.29 is 28.6 Å². The van der Waals surface area contributed by atoms with Gasteiger partial charge in [0.15, 0.2) is 11.5 Å². The summed E-state index contributed by atoms with van der Waals surface area (Å²) in [6, 6.07) is 18.9. The van der Waals surface area contributed by atoms with Gasteiger partial charge in [0.1, 0.15) is 12.4 Å². The maximum Gasteiger partial charge on any atom is 0.344 e. The van der Waals surface area contributed by atoms with E-state index in [-0.39, 0.29) is 29.0 Å². The summed E-state index contributed by atoms with van der Waals surface area (Å²) in [5.74, 6) is 0.308. The van der Waals surface area contributed by atoms with Crippen molar-refractivity contribution in [1.29, 1.82) is 0 Å². The predicted molar refractivity (Wildman–Crippen MR) is 151 cm³/mol. The van der Waals surface area contributed by atoms with Crippen LogP contribution in [0.4, 0.5) is 4.79 Å². The Kier molecular flexibility index (Phi) is 9.12. The van der Waals surface area contributed by atoms with E-state index >= 15 is 0 Å². The molecule has 0 radical (unpaired) electrons. The molecule has 0 aliphatic carbocycles. The Hall–Kier alpha value is -3.02. The summed E-state index contributed by atoms with van der Waals surface area (Å²) in [6.07, 6.45) is 1.61. The van der Waals surface area contributed by atoms with Crippen molar-refractivity contribution in [3.63, 3.8) is 0 Å². The molecule has 1 aliphatic rings. The molecule has 1 saturated heterocycles. The van der Waals surface area contributed by atoms with Gasteiger partial charge in [-0.05, 0) is 101 Å². The first-order valence-electron chi connectivity index (χ1n) is 11.2. The van der Waals surface area contributed by atoms with Crippen molar-refractivity contribution in [3.05, 3.63) is 91.4 Å². The van der Waals surface area contributed by atoms with E-state index in [1.54, 1.807) is 60.7 Å². The fraction of sp³-hybridized carbons (Fsp3) is 0.148. The fourth-order valence-electron chi connectivity index (χ4n) is 3.38. The number of hydrogen-bond acceptors (Lipinski definition) is 7. The molecule has 3 aromatic carbocycles. The number of hydrogen-bond donors (Lipinski definition) is 0. The number of esters is 1. The maximum absolute atomic E-state index is 12.9. The van der Waals surface area contributed by atoms with Crippen LogP contribution in [-0.2, 0) is 4.79 Å². The smallest absolute Gasteiger partial charge is 0.344 e. The number of rotatable bonds is 9. The summed E-state index contributed by atoms with van der Waals surface area (Å²) in [4.78, 5) is 39.4. The first-order chi connectivity index (χ1) is 17.9. The quantitative estimate of drug-likeness (QED) is 0.111. The standard InChI is InChI=1S/C27H21ClINO6S/c1-2-34-23-15-17(7-12-22(23)36-26(32)20-5-3-4-6-21(20)29)16-24-25(31)30(27(33)37-24)13-14-35-19-10-8-18(28)9-11-19/h3-12,15-16H,2,13-14H2,1H3/b24-16-. The van der Waals surface area contributed by atoms with Crippen LogP contribution < -0.4 is 14.2 Å². The lowest BCUT2D eigenvalue weighted by molar-refractivity contribution is -0.123. The van der Waals surface area contributed by atoms with Crippen LogP contribution in [0.2, 0.25) is 5.02 Å². The Balaban J connectivity index is 1.45. The molecular weight excluding hydrogens is 629 g/mol. The molecule has 0 spiro atoms. The van der Waals surface area contributed by atoms with Gasteiger partial charge in [-0.2, -0.15) is 0 Å². The Labute approximate surface area is 236 Å². The molecule has 190 valence electrons. The normalized spacial score (nSPS) is 14.2. The SMILES string of the molecule is CCOc1cc(/C=C2\SC(=O)N(CCOc3ccc(Cl)cc3)C2=O)ccc1OC(=O)c1ccccc1I. The summed E-state index contributed by atoms with van der Waals surface area (Å²) in [7, 11) is 0. The molecule has 4 rings (SSSR count). The molecule has 1 fully saturated rings. The monoisotopic (exact) mass is 649 g/mol. The summed E-state index contributed by atoms with van der Waals surface area (Å²) in [5, 5.41) is 0.220. The van der Waals surface area contributed by atoms with Crippen molar-refractivity contribution in [3.8, 4) is 17.2 Å². The fourth-order valence-corrected chi connectivity index (χ4v) is 4.98. The van der Waals surface area contributed by atoms with E-state index in [4.69, 9.17) is 25.8 Å². The van der Waals surface area contributed by atoms with Crippen molar-refractivity contribution in [1.82, 2.24) is 4.90 Å². The Morgan fingerprint density at radius 2 is 1.78 bits per heavy atom. The van der Waals surface area contributed by atoms with E-state index in [0.717, 1.165) is 20.2 Å². The van der Waals surface area contributed by atoms with Gasteiger partial charge in [0.25, 0.3) is 11.1 Å². The molecule has 3 aromatic rings. The zero-order valence-corrected chi connectivity index (χ0v) is 23.3. The second-order valence-electron chi connectivity index (χ2n) is 7.64. The molecule has 2 amide bonds. The number of carbonyl (C=O) groups is 3. The van der Waals surface area contributed by atoms with Gasteiger partial charge in [0.05, 0.1) is 23.6 Å². The van der Waals surface area contributed by atoms with Gasteiger partial charge in [-0.1, -0.05) is 29.8 Å². The molecule has 7 nitrogen and oxygen atoms in total.